The summed E-state index contributed by atoms with van der Waals surface area (Å²) in [4.78, 5) is 20.7. The Bertz CT molecular complexity index is 622. The summed E-state index contributed by atoms with van der Waals surface area (Å²) < 4.78 is 36.6. The van der Waals surface area contributed by atoms with Gasteiger partial charge in [-0.3, -0.25) is 9.78 Å². The van der Waals surface area contributed by atoms with Crippen LogP contribution in [0.3, 0.4) is 0 Å². The SMILES string of the molecule is O=c1[nH]c(=S)[nH]c2nc(C(F)(F)F)[nH]c12. The highest BCUT2D eigenvalue weighted by atomic mass is 32.1. The standard InChI is InChI=1S/C6H3F3N4OS/c7-6(8,9)4-10-1-2(11-4)12-5(15)13-3(1)14/h(H3,10,11,12,13,14,15). The Morgan fingerprint density at radius 2 is 1.87 bits per heavy atom. The molecule has 9 heteroatoms. The predicted molar refractivity (Wildman–Crippen MR) is 46.9 cm³/mol. The second kappa shape index (κ2) is 2.92. The van der Waals surface area contributed by atoms with Crippen molar-refractivity contribution in [2.24, 2.45) is 0 Å². The van der Waals surface area contributed by atoms with Gasteiger partial charge in [-0.25, -0.2) is 4.98 Å². The van der Waals surface area contributed by atoms with E-state index in [1.54, 1.807) is 0 Å². The molecule has 0 saturated carbocycles. The van der Waals surface area contributed by atoms with Gasteiger partial charge in [-0.2, -0.15) is 13.2 Å². The van der Waals surface area contributed by atoms with Crippen molar-refractivity contribution >= 4 is 23.4 Å². The summed E-state index contributed by atoms with van der Waals surface area (Å²) in [5.74, 6) is -1.24. The summed E-state index contributed by atoms with van der Waals surface area (Å²) in [6, 6.07) is 0. The van der Waals surface area contributed by atoms with Crippen LogP contribution >= 0.6 is 12.2 Å². The summed E-state index contributed by atoms with van der Waals surface area (Å²) in [6.07, 6.45) is -4.62. The third-order valence-corrected chi connectivity index (χ3v) is 1.86. The van der Waals surface area contributed by atoms with Crippen molar-refractivity contribution in [3.8, 4) is 0 Å². The molecule has 0 aromatic carbocycles. The Hall–Kier alpha value is -1.64. The fourth-order valence-electron chi connectivity index (χ4n) is 1.07. The number of halogens is 3. The zero-order valence-corrected chi connectivity index (χ0v) is 7.71. The first-order valence-electron chi connectivity index (χ1n) is 3.67. The van der Waals surface area contributed by atoms with E-state index in [1.165, 1.54) is 0 Å². The summed E-state index contributed by atoms with van der Waals surface area (Å²) >= 11 is 4.58. The molecule has 0 spiro atoms. The molecule has 0 radical (unpaired) electrons. The van der Waals surface area contributed by atoms with Gasteiger partial charge in [0, 0.05) is 0 Å². The lowest BCUT2D eigenvalue weighted by atomic mass is 10.5. The molecular formula is C6H3F3N4OS. The number of H-pyrrole nitrogens is 3. The quantitative estimate of drug-likeness (QED) is 0.604. The molecule has 0 aliphatic carbocycles. The zero-order valence-electron chi connectivity index (χ0n) is 6.90. The second-order valence-corrected chi connectivity index (χ2v) is 3.12. The first kappa shape index (κ1) is 9.90. The lowest BCUT2D eigenvalue weighted by Gasteiger charge is -1.98. The van der Waals surface area contributed by atoms with Crippen LogP contribution in [0.4, 0.5) is 13.2 Å². The number of imidazole rings is 1. The molecular weight excluding hydrogens is 233 g/mol. The first-order chi connectivity index (χ1) is 6.88. The lowest BCUT2D eigenvalue weighted by molar-refractivity contribution is -0.144. The van der Waals surface area contributed by atoms with E-state index in [4.69, 9.17) is 0 Å². The highest BCUT2D eigenvalue weighted by molar-refractivity contribution is 7.71. The van der Waals surface area contributed by atoms with Crippen molar-refractivity contribution in [1.82, 2.24) is 19.9 Å². The zero-order chi connectivity index (χ0) is 11.2. The molecule has 2 rings (SSSR count). The molecule has 0 atom stereocenters. The van der Waals surface area contributed by atoms with E-state index in [9.17, 15) is 18.0 Å². The molecule has 15 heavy (non-hydrogen) atoms. The Morgan fingerprint density at radius 1 is 1.20 bits per heavy atom. The van der Waals surface area contributed by atoms with Crippen LogP contribution < -0.4 is 5.56 Å². The summed E-state index contributed by atoms with van der Waals surface area (Å²) in [5, 5.41) is 0. The molecule has 2 aromatic heterocycles. The van der Waals surface area contributed by atoms with E-state index in [-0.39, 0.29) is 15.9 Å². The van der Waals surface area contributed by atoms with E-state index in [0.29, 0.717) is 0 Å². The molecule has 0 bridgehead atoms. The average Bonchev–Trinajstić information content (AvgIpc) is 2.46. The minimum absolute atomic E-state index is 0.0762. The average molecular weight is 236 g/mol. The second-order valence-electron chi connectivity index (χ2n) is 2.72. The summed E-state index contributed by atoms with van der Waals surface area (Å²) in [5.41, 5.74) is -1.23. The number of fused-ring (bicyclic) bond motifs is 1. The molecule has 80 valence electrons. The number of rotatable bonds is 0. The van der Waals surface area contributed by atoms with Crippen molar-refractivity contribution in [2.75, 3.05) is 0 Å². The van der Waals surface area contributed by atoms with Crippen molar-refractivity contribution in [3.05, 3.63) is 20.9 Å². The number of hydrogen-bond acceptors (Lipinski definition) is 3. The van der Waals surface area contributed by atoms with Gasteiger partial charge in [-0.05, 0) is 12.2 Å². The van der Waals surface area contributed by atoms with Crippen LogP contribution in [0.2, 0.25) is 0 Å². The van der Waals surface area contributed by atoms with Gasteiger partial charge < -0.3 is 9.97 Å². The summed E-state index contributed by atoms with van der Waals surface area (Å²) in [7, 11) is 0. The van der Waals surface area contributed by atoms with E-state index < -0.39 is 17.6 Å². The van der Waals surface area contributed by atoms with Crippen LogP contribution in [0.1, 0.15) is 5.82 Å². The Labute approximate surface area is 84.4 Å². The molecule has 2 heterocycles. The first-order valence-corrected chi connectivity index (χ1v) is 4.08. The lowest BCUT2D eigenvalue weighted by Crippen LogP contribution is -2.09. The third-order valence-electron chi connectivity index (χ3n) is 1.66. The number of alkyl halides is 3. The fourth-order valence-corrected chi connectivity index (χ4v) is 1.26. The topological polar surface area (TPSA) is 77.3 Å². The normalized spacial score (nSPS) is 12.2. The number of aromatic nitrogens is 4. The molecule has 0 fully saturated rings. The van der Waals surface area contributed by atoms with Gasteiger partial charge in [0.1, 0.15) is 5.52 Å². The number of hydrogen-bond donors (Lipinski definition) is 3. The Balaban J connectivity index is 2.83. The van der Waals surface area contributed by atoms with Gasteiger partial charge in [-0.1, -0.05) is 0 Å². The monoisotopic (exact) mass is 236 g/mol. The van der Waals surface area contributed by atoms with Crippen LogP contribution in [0, 0.1) is 4.77 Å². The van der Waals surface area contributed by atoms with Gasteiger partial charge >= 0.3 is 6.18 Å². The minimum Gasteiger partial charge on any atom is -0.328 e. The molecule has 0 aliphatic heterocycles. The van der Waals surface area contributed by atoms with Gasteiger partial charge in [0.05, 0.1) is 0 Å². The number of nitrogens with one attached hydrogen (secondary N) is 3. The van der Waals surface area contributed by atoms with E-state index >= 15 is 0 Å². The Morgan fingerprint density at radius 3 is 2.47 bits per heavy atom. The Kier molecular flexibility index (Phi) is 1.93. The van der Waals surface area contributed by atoms with Crippen LogP contribution in [0.5, 0.6) is 0 Å². The predicted octanol–water partition coefficient (Wildman–Crippen LogP) is 1.33. The van der Waals surface area contributed by atoms with Gasteiger partial charge in [-0.15, -0.1) is 0 Å². The molecule has 0 aliphatic rings. The molecule has 0 saturated heterocycles. The van der Waals surface area contributed by atoms with Crippen LogP contribution in [-0.2, 0) is 6.18 Å². The van der Waals surface area contributed by atoms with Gasteiger partial charge in [0.2, 0.25) is 5.82 Å². The van der Waals surface area contributed by atoms with Crippen molar-refractivity contribution < 1.29 is 13.2 Å². The smallest absolute Gasteiger partial charge is 0.328 e. The number of nitrogens with zero attached hydrogens (tertiary/aromatic N) is 1. The van der Waals surface area contributed by atoms with Crippen LogP contribution in [0.15, 0.2) is 4.79 Å². The highest BCUT2D eigenvalue weighted by Crippen LogP contribution is 2.27. The van der Waals surface area contributed by atoms with Crippen molar-refractivity contribution in [3.63, 3.8) is 0 Å². The highest BCUT2D eigenvalue weighted by Gasteiger charge is 2.35. The van der Waals surface area contributed by atoms with Crippen LogP contribution in [-0.4, -0.2) is 19.9 Å². The largest absolute Gasteiger partial charge is 0.449 e. The number of aromatic amines is 3. The van der Waals surface area contributed by atoms with E-state index in [1.807, 2.05) is 4.98 Å². The van der Waals surface area contributed by atoms with Crippen molar-refractivity contribution in [1.29, 1.82) is 0 Å². The molecule has 2 aromatic rings. The fraction of sp³-hybridized carbons (Fsp3) is 0.167. The van der Waals surface area contributed by atoms with E-state index in [0.717, 1.165) is 0 Å². The third kappa shape index (κ3) is 1.65. The van der Waals surface area contributed by atoms with Gasteiger partial charge in [0.15, 0.2) is 10.4 Å². The van der Waals surface area contributed by atoms with E-state index in [2.05, 4.69) is 27.2 Å². The van der Waals surface area contributed by atoms with Crippen LogP contribution in [0.25, 0.3) is 11.2 Å². The van der Waals surface area contributed by atoms with Crippen molar-refractivity contribution in [2.45, 2.75) is 6.18 Å². The minimum atomic E-state index is -4.62. The molecule has 0 unspecified atom stereocenters. The summed E-state index contributed by atoms with van der Waals surface area (Å²) in [6.45, 7) is 0. The molecule has 0 amide bonds. The maximum atomic E-state index is 12.2. The maximum absolute atomic E-state index is 12.2. The maximum Gasteiger partial charge on any atom is 0.449 e. The molecule has 3 N–H and O–H groups in total. The van der Waals surface area contributed by atoms with Gasteiger partial charge in [0.25, 0.3) is 5.56 Å². The molecule has 5 nitrogen and oxygen atoms in total.